The van der Waals surface area contributed by atoms with Crippen molar-refractivity contribution in [3.05, 3.63) is 75.5 Å². The fraction of sp³-hybridized carbons (Fsp3) is 0.333. The Morgan fingerprint density at radius 3 is 2.39 bits per heavy atom. The van der Waals surface area contributed by atoms with Gasteiger partial charge in [-0.15, -0.1) is 0 Å². The highest BCUT2D eigenvalue weighted by Crippen LogP contribution is 2.38. The minimum Gasteiger partial charge on any atom is -0.480 e. The average molecular weight is 557 g/mol. The van der Waals surface area contributed by atoms with E-state index in [-0.39, 0.29) is 23.1 Å². The fourth-order valence-corrected chi connectivity index (χ4v) is 5.96. The standard InChI is InChI=1S/C27H26Cl2N4O5/c1-16-22(24(31-38-16)23-18(28)8-5-9-19(23)29)26(37)32-12-10-27(11-13-32)30-20(14-17-6-3-2-4-7-17)25(36)33(27)15-21(34)35/h2-9,20,30H,10-15H2,1H3,(H,34,35). The van der Waals surface area contributed by atoms with E-state index in [0.29, 0.717) is 53.7 Å². The number of carboxylic acids is 1. The first-order valence-electron chi connectivity index (χ1n) is 12.2. The number of carbonyl (C=O) groups excluding carboxylic acids is 2. The molecule has 3 aromatic rings. The molecule has 11 heteroatoms. The minimum atomic E-state index is -1.08. The van der Waals surface area contributed by atoms with Crippen LogP contribution in [0.15, 0.2) is 53.1 Å². The summed E-state index contributed by atoms with van der Waals surface area (Å²) in [5, 5.41) is 17.7. The van der Waals surface area contributed by atoms with Gasteiger partial charge in [0.05, 0.1) is 21.7 Å². The van der Waals surface area contributed by atoms with Gasteiger partial charge in [-0.05, 0) is 31.0 Å². The number of nitrogens with one attached hydrogen (secondary N) is 1. The number of amides is 2. The maximum atomic E-state index is 13.7. The molecule has 3 heterocycles. The normalized spacial score (nSPS) is 18.8. The van der Waals surface area contributed by atoms with Crippen LogP contribution in [0, 0.1) is 6.92 Å². The van der Waals surface area contributed by atoms with Crippen LogP contribution in [0.25, 0.3) is 11.3 Å². The SMILES string of the molecule is Cc1onc(-c2c(Cl)cccc2Cl)c1C(=O)N1CCC2(CC1)NC(Cc1ccccc1)C(=O)N2CC(=O)O. The quantitative estimate of drug-likeness (QED) is 0.471. The predicted octanol–water partition coefficient (Wildman–Crippen LogP) is 4.02. The van der Waals surface area contributed by atoms with Crippen molar-refractivity contribution in [2.24, 2.45) is 0 Å². The zero-order valence-corrected chi connectivity index (χ0v) is 22.1. The molecule has 0 radical (unpaired) electrons. The molecule has 198 valence electrons. The lowest BCUT2D eigenvalue weighted by Crippen LogP contribution is -2.60. The first kappa shape index (κ1) is 26.2. The van der Waals surface area contributed by atoms with Crippen molar-refractivity contribution in [3.63, 3.8) is 0 Å². The number of aromatic nitrogens is 1. The van der Waals surface area contributed by atoms with Gasteiger partial charge in [-0.1, -0.05) is 64.8 Å². The summed E-state index contributed by atoms with van der Waals surface area (Å²) in [6.07, 6.45) is 1.19. The van der Waals surface area contributed by atoms with Crippen LogP contribution in [0.1, 0.15) is 34.5 Å². The van der Waals surface area contributed by atoms with Crippen LogP contribution in [-0.4, -0.2) is 69.2 Å². The molecule has 5 rings (SSSR count). The summed E-state index contributed by atoms with van der Waals surface area (Å²) in [6.45, 7) is 1.84. The van der Waals surface area contributed by atoms with E-state index in [9.17, 15) is 19.5 Å². The number of piperidine rings is 1. The van der Waals surface area contributed by atoms with E-state index in [4.69, 9.17) is 27.7 Å². The molecule has 1 spiro atoms. The smallest absolute Gasteiger partial charge is 0.323 e. The molecule has 1 atom stereocenters. The van der Waals surface area contributed by atoms with E-state index < -0.39 is 24.2 Å². The maximum Gasteiger partial charge on any atom is 0.323 e. The largest absolute Gasteiger partial charge is 0.480 e. The fourth-order valence-electron chi connectivity index (χ4n) is 5.39. The summed E-state index contributed by atoms with van der Waals surface area (Å²) in [5.41, 5.74) is 1.09. The predicted molar refractivity (Wildman–Crippen MR) is 141 cm³/mol. The summed E-state index contributed by atoms with van der Waals surface area (Å²) in [4.78, 5) is 41.7. The van der Waals surface area contributed by atoms with Crippen LogP contribution in [0.2, 0.25) is 10.0 Å². The van der Waals surface area contributed by atoms with Gasteiger partial charge in [0.25, 0.3) is 5.91 Å². The van der Waals surface area contributed by atoms with Gasteiger partial charge in [-0.2, -0.15) is 0 Å². The summed E-state index contributed by atoms with van der Waals surface area (Å²) >= 11 is 12.8. The first-order chi connectivity index (χ1) is 18.2. The highest BCUT2D eigenvalue weighted by Gasteiger charge is 2.52. The van der Waals surface area contributed by atoms with E-state index in [2.05, 4.69) is 10.5 Å². The molecular formula is C27H26Cl2N4O5. The van der Waals surface area contributed by atoms with Crippen LogP contribution in [0.5, 0.6) is 0 Å². The molecule has 2 aromatic carbocycles. The minimum absolute atomic E-state index is 0.249. The van der Waals surface area contributed by atoms with Crippen LogP contribution >= 0.6 is 23.2 Å². The Morgan fingerprint density at radius 2 is 1.76 bits per heavy atom. The number of halogens is 2. The molecule has 2 saturated heterocycles. The zero-order chi connectivity index (χ0) is 27.0. The van der Waals surface area contributed by atoms with Gasteiger partial charge < -0.3 is 19.4 Å². The summed E-state index contributed by atoms with van der Waals surface area (Å²) in [7, 11) is 0. The summed E-state index contributed by atoms with van der Waals surface area (Å²) in [5.74, 6) is -1.29. The van der Waals surface area contributed by atoms with Crippen molar-refractivity contribution in [2.75, 3.05) is 19.6 Å². The molecular weight excluding hydrogens is 531 g/mol. The molecule has 1 aromatic heterocycles. The van der Waals surface area contributed by atoms with Gasteiger partial charge in [0, 0.05) is 31.5 Å². The average Bonchev–Trinajstić information content (AvgIpc) is 3.37. The lowest BCUT2D eigenvalue weighted by atomic mass is 9.94. The molecule has 2 amide bonds. The number of hydrogen-bond acceptors (Lipinski definition) is 6. The van der Waals surface area contributed by atoms with Crippen LogP contribution < -0.4 is 5.32 Å². The van der Waals surface area contributed by atoms with Gasteiger partial charge in [0.15, 0.2) is 0 Å². The van der Waals surface area contributed by atoms with E-state index in [1.165, 1.54) is 4.90 Å². The van der Waals surface area contributed by atoms with Gasteiger partial charge >= 0.3 is 5.97 Å². The van der Waals surface area contributed by atoms with Crippen LogP contribution in [0.3, 0.4) is 0 Å². The second-order valence-corrected chi connectivity index (χ2v) is 10.4. The van der Waals surface area contributed by atoms with Crippen LogP contribution in [0.4, 0.5) is 0 Å². The van der Waals surface area contributed by atoms with E-state index in [0.717, 1.165) is 5.56 Å². The number of hydrogen-bond donors (Lipinski definition) is 2. The molecule has 2 fully saturated rings. The molecule has 0 aliphatic carbocycles. The van der Waals surface area contributed by atoms with Crippen molar-refractivity contribution >= 4 is 41.0 Å². The van der Waals surface area contributed by atoms with Gasteiger partial charge in [0.1, 0.15) is 23.6 Å². The van der Waals surface area contributed by atoms with Gasteiger partial charge in [-0.3, -0.25) is 19.7 Å². The monoisotopic (exact) mass is 556 g/mol. The highest BCUT2D eigenvalue weighted by molar-refractivity contribution is 6.39. The number of carboxylic acid groups (broad SMARTS) is 1. The first-order valence-corrected chi connectivity index (χ1v) is 13.0. The maximum absolute atomic E-state index is 13.7. The highest BCUT2D eigenvalue weighted by atomic mass is 35.5. The number of aryl methyl sites for hydroxylation is 1. The number of rotatable bonds is 6. The molecule has 0 bridgehead atoms. The molecule has 1 unspecified atom stereocenters. The third-order valence-corrected chi connectivity index (χ3v) is 7.88. The van der Waals surface area contributed by atoms with Crippen molar-refractivity contribution in [1.29, 1.82) is 0 Å². The van der Waals surface area contributed by atoms with Gasteiger partial charge in [0.2, 0.25) is 5.91 Å². The second-order valence-electron chi connectivity index (χ2n) is 9.59. The molecule has 38 heavy (non-hydrogen) atoms. The van der Waals surface area contributed by atoms with E-state index >= 15 is 0 Å². The zero-order valence-electron chi connectivity index (χ0n) is 20.6. The molecule has 0 saturated carbocycles. The number of likely N-dealkylation sites (tertiary alicyclic amines) is 1. The Hall–Kier alpha value is -3.40. The number of benzene rings is 2. The molecule has 2 aliphatic rings. The summed E-state index contributed by atoms with van der Waals surface area (Å²) < 4.78 is 5.37. The molecule has 2 N–H and O–H groups in total. The topological polar surface area (TPSA) is 116 Å². The Kier molecular flexibility index (Phi) is 7.17. The summed E-state index contributed by atoms with van der Waals surface area (Å²) in [6, 6.07) is 14.1. The molecule has 2 aliphatic heterocycles. The van der Waals surface area contributed by atoms with Crippen LogP contribution in [-0.2, 0) is 16.0 Å². The Labute approximate surface area is 229 Å². The van der Waals surface area contributed by atoms with Crippen molar-refractivity contribution in [1.82, 2.24) is 20.3 Å². The van der Waals surface area contributed by atoms with E-state index in [1.807, 2.05) is 30.3 Å². The van der Waals surface area contributed by atoms with Crippen molar-refractivity contribution < 1.29 is 24.0 Å². The lowest BCUT2D eigenvalue weighted by Gasteiger charge is -2.44. The van der Waals surface area contributed by atoms with Gasteiger partial charge in [-0.25, -0.2) is 0 Å². The Bertz CT molecular complexity index is 1370. The Balaban J connectivity index is 1.37. The van der Waals surface area contributed by atoms with Crippen molar-refractivity contribution in [3.8, 4) is 11.3 Å². The molecule has 9 nitrogen and oxygen atoms in total. The third kappa shape index (κ3) is 4.77. The number of carbonyl (C=O) groups is 3. The van der Waals surface area contributed by atoms with Crippen molar-refractivity contribution in [2.45, 2.75) is 37.9 Å². The second kappa shape index (κ2) is 10.4. The third-order valence-electron chi connectivity index (χ3n) is 7.25. The Morgan fingerprint density at radius 1 is 1.11 bits per heavy atom. The number of aliphatic carboxylic acids is 1. The van der Waals surface area contributed by atoms with E-state index in [1.54, 1.807) is 30.0 Å². The lowest BCUT2D eigenvalue weighted by molar-refractivity contribution is -0.147. The number of nitrogens with zero attached hydrogens (tertiary/aromatic N) is 3.